The minimum absolute atomic E-state index is 0.118. The number of carbonyl (C=O) groups excluding carboxylic acids is 1. The molecule has 20 heavy (non-hydrogen) atoms. The Bertz CT molecular complexity index is 577. The molecule has 2 aromatic rings. The Hall–Kier alpha value is -1.65. The second-order valence-electron chi connectivity index (χ2n) is 4.71. The summed E-state index contributed by atoms with van der Waals surface area (Å²) in [7, 11) is 0. The van der Waals surface area contributed by atoms with Crippen LogP contribution in [0.2, 0.25) is 0 Å². The summed E-state index contributed by atoms with van der Waals surface area (Å²) in [4.78, 5) is 14.0. The monoisotopic (exact) mass is 289 g/mol. The van der Waals surface area contributed by atoms with Crippen LogP contribution < -0.4 is 5.32 Å². The molecule has 3 nitrogen and oxygen atoms in total. The zero-order valence-electron chi connectivity index (χ0n) is 11.7. The van der Waals surface area contributed by atoms with Crippen molar-refractivity contribution in [2.24, 2.45) is 0 Å². The minimum Gasteiger partial charge on any atom is -0.387 e. The van der Waals surface area contributed by atoms with Crippen molar-refractivity contribution in [2.75, 3.05) is 6.54 Å². The molecule has 0 aliphatic heterocycles. The standard InChI is InChI=1S/C16H19NO2S/c1-3-14-11(2)9-15(20-14)16(19)17-10-13(18)12-7-5-4-6-8-12/h4-9,13,18H,3,10H2,1-2H3,(H,17,19). The molecule has 1 atom stereocenters. The first kappa shape index (κ1) is 14.8. The van der Waals surface area contributed by atoms with Gasteiger partial charge < -0.3 is 10.4 Å². The van der Waals surface area contributed by atoms with Gasteiger partial charge in [0.15, 0.2) is 0 Å². The number of nitrogens with one attached hydrogen (secondary N) is 1. The van der Waals surface area contributed by atoms with Crippen molar-refractivity contribution in [1.82, 2.24) is 5.32 Å². The summed E-state index contributed by atoms with van der Waals surface area (Å²) in [5.74, 6) is -0.118. The molecule has 0 aliphatic carbocycles. The number of carbonyl (C=O) groups is 1. The maximum Gasteiger partial charge on any atom is 0.261 e. The Morgan fingerprint density at radius 2 is 2.05 bits per heavy atom. The Kier molecular flexibility index (Phi) is 4.93. The van der Waals surface area contributed by atoms with Crippen LogP contribution in [0.4, 0.5) is 0 Å². The maximum atomic E-state index is 12.1. The molecule has 4 heteroatoms. The lowest BCUT2D eigenvalue weighted by molar-refractivity contribution is 0.0920. The smallest absolute Gasteiger partial charge is 0.261 e. The van der Waals surface area contributed by atoms with E-state index in [1.54, 1.807) is 0 Å². The van der Waals surface area contributed by atoms with Gasteiger partial charge in [0.2, 0.25) is 0 Å². The summed E-state index contributed by atoms with van der Waals surface area (Å²) < 4.78 is 0. The molecule has 0 fully saturated rings. The second kappa shape index (κ2) is 6.68. The predicted octanol–water partition coefficient (Wildman–Crippen LogP) is 3.08. The highest BCUT2D eigenvalue weighted by Gasteiger charge is 2.13. The quantitative estimate of drug-likeness (QED) is 0.888. The van der Waals surface area contributed by atoms with Gasteiger partial charge in [-0.3, -0.25) is 4.79 Å². The molecule has 0 radical (unpaired) electrons. The number of aryl methyl sites for hydroxylation is 2. The lowest BCUT2D eigenvalue weighted by atomic mass is 10.1. The normalized spacial score (nSPS) is 12.2. The number of thiophene rings is 1. The van der Waals surface area contributed by atoms with Crippen LogP contribution in [0, 0.1) is 6.92 Å². The average Bonchev–Trinajstić information content (AvgIpc) is 2.86. The molecule has 0 saturated carbocycles. The van der Waals surface area contributed by atoms with E-state index in [2.05, 4.69) is 12.2 Å². The second-order valence-corrected chi connectivity index (χ2v) is 5.84. The highest BCUT2D eigenvalue weighted by molar-refractivity contribution is 7.14. The highest BCUT2D eigenvalue weighted by atomic mass is 32.1. The molecule has 0 bridgehead atoms. The van der Waals surface area contributed by atoms with Crippen molar-refractivity contribution in [3.63, 3.8) is 0 Å². The van der Waals surface area contributed by atoms with Crippen LogP contribution in [-0.4, -0.2) is 17.6 Å². The third-order valence-corrected chi connectivity index (χ3v) is 4.59. The van der Waals surface area contributed by atoms with Gasteiger partial charge in [0, 0.05) is 11.4 Å². The van der Waals surface area contributed by atoms with Crippen LogP contribution in [0.3, 0.4) is 0 Å². The van der Waals surface area contributed by atoms with E-state index in [9.17, 15) is 9.90 Å². The Labute approximate surface area is 123 Å². The summed E-state index contributed by atoms with van der Waals surface area (Å²) in [6.45, 7) is 4.33. The van der Waals surface area contributed by atoms with Crippen molar-refractivity contribution in [3.8, 4) is 0 Å². The molecule has 0 spiro atoms. The van der Waals surface area contributed by atoms with Crippen molar-refractivity contribution in [1.29, 1.82) is 0 Å². The summed E-state index contributed by atoms with van der Waals surface area (Å²) >= 11 is 1.52. The number of amides is 1. The zero-order valence-corrected chi connectivity index (χ0v) is 12.5. The topological polar surface area (TPSA) is 49.3 Å². The van der Waals surface area contributed by atoms with Gasteiger partial charge >= 0.3 is 0 Å². The average molecular weight is 289 g/mol. The maximum absolute atomic E-state index is 12.1. The molecular formula is C16H19NO2S. The molecule has 2 N–H and O–H groups in total. The Morgan fingerprint density at radius 1 is 1.35 bits per heavy atom. The van der Waals surface area contributed by atoms with Crippen molar-refractivity contribution < 1.29 is 9.90 Å². The van der Waals surface area contributed by atoms with E-state index >= 15 is 0 Å². The fraction of sp³-hybridized carbons (Fsp3) is 0.312. The Morgan fingerprint density at radius 3 is 2.65 bits per heavy atom. The molecule has 0 aliphatic rings. The minimum atomic E-state index is -0.674. The first-order valence-corrected chi connectivity index (χ1v) is 7.54. The number of benzene rings is 1. The SMILES string of the molecule is CCc1sc(C(=O)NCC(O)c2ccccc2)cc1C. The molecule has 1 aromatic carbocycles. The molecule has 1 unspecified atom stereocenters. The lowest BCUT2D eigenvalue weighted by Crippen LogP contribution is -2.27. The van der Waals surface area contributed by atoms with Gasteiger partial charge in [-0.15, -0.1) is 11.3 Å². The van der Waals surface area contributed by atoms with E-state index in [0.29, 0.717) is 4.88 Å². The van der Waals surface area contributed by atoms with Crippen LogP contribution in [0.25, 0.3) is 0 Å². The Balaban J connectivity index is 1.95. The van der Waals surface area contributed by atoms with Gasteiger partial charge in [0.25, 0.3) is 5.91 Å². The number of hydrogen-bond acceptors (Lipinski definition) is 3. The molecule has 0 saturated heterocycles. The first-order valence-electron chi connectivity index (χ1n) is 6.72. The van der Waals surface area contributed by atoms with E-state index in [0.717, 1.165) is 17.5 Å². The fourth-order valence-electron chi connectivity index (χ4n) is 2.05. The van der Waals surface area contributed by atoms with Crippen LogP contribution in [0.5, 0.6) is 0 Å². The van der Waals surface area contributed by atoms with Gasteiger partial charge in [-0.2, -0.15) is 0 Å². The molecule has 1 amide bonds. The van der Waals surface area contributed by atoms with E-state index in [1.807, 2.05) is 43.3 Å². The number of aliphatic hydroxyl groups is 1. The third kappa shape index (κ3) is 3.46. The molecule has 106 valence electrons. The largest absolute Gasteiger partial charge is 0.387 e. The van der Waals surface area contributed by atoms with Gasteiger partial charge in [-0.05, 0) is 30.5 Å². The van der Waals surface area contributed by atoms with E-state index < -0.39 is 6.10 Å². The van der Waals surface area contributed by atoms with Crippen LogP contribution in [0.1, 0.15) is 38.7 Å². The number of rotatable bonds is 5. The molecule has 1 aromatic heterocycles. The molecular weight excluding hydrogens is 270 g/mol. The van der Waals surface area contributed by atoms with Crippen LogP contribution >= 0.6 is 11.3 Å². The van der Waals surface area contributed by atoms with Crippen LogP contribution in [-0.2, 0) is 6.42 Å². The van der Waals surface area contributed by atoms with E-state index in [-0.39, 0.29) is 12.5 Å². The first-order chi connectivity index (χ1) is 9.61. The summed E-state index contributed by atoms with van der Waals surface area (Å²) in [5, 5.41) is 12.8. The van der Waals surface area contributed by atoms with Crippen molar-refractivity contribution in [3.05, 3.63) is 57.3 Å². The predicted molar refractivity (Wildman–Crippen MR) is 82.2 cm³/mol. The molecule has 1 heterocycles. The van der Waals surface area contributed by atoms with E-state index in [4.69, 9.17) is 0 Å². The summed E-state index contributed by atoms with van der Waals surface area (Å²) in [6, 6.07) is 11.2. The highest BCUT2D eigenvalue weighted by Crippen LogP contribution is 2.22. The van der Waals surface area contributed by atoms with Crippen molar-refractivity contribution >= 4 is 17.2 Å². The summed E-state index contributed by atoms with van der Waals surface area (Å²) in [6.07, 6.45) is 0.267. The van der Waals surface area contributed by atoms with Gasteiger partial charge in [-0.1, -0.05) is 37.3 Å². The zero-order chi connectivity index (χ0) is 14.5. The van der Waals surface area contributed by atoms with Crippen LogP contribution in [0.15, 0.2) is 36.4 Å². The third-order valence-electron chi connectivity index (χ3n) is 3.21. The number of aliphatic hydroxyl groups excluding tert-OH is 1. The lowest BCUT2D eigenvalue weighted by Gasteiger charge is -2.11. The summed E-state index contributed by atoms with van der Waals surface area (Å²) in [5.41, 5.74) is 1.97. The van der Waals surface area contributed by atoms with Gasteiger partial charge in [0.05, 0.1) is 11.0 Å². The van der Waals surface area contributed by atoms with Gasteiger partial charge in [0.1, 0.15) is 0 Å². The van der Waals surface area contributed by atoms with Crippen molar-refractivity contribution in [2.45, 2.75) is 26.4 Å². The van der Waals surface area contributed by atoms with E-state index in [1.165, 1.54) is 16.2 Å². The molecule has 2 rings (SSSR count). The van der Waals surface area contributed by atoms with Gasteiger partial charge in [-0.25, -0.2) is 0 Å². The number of hydrogen-bond donors (Lipinski definition) is 2. The fourth-order valence-corrected chi connectivity index (χ4v) is 3.08.